The molecule has 152 valence electrons. The number of carbonyl (C=O) groups is 1. The number of aryl methyl sites for hydroxylation is 1. The van der Waals surface area contributed by atoms with E-state index in [9.17, 15) is 4.79 Å². The van der Waals surface area contributed by atoms with Crippen molar-refractivity contribution >= 4 is 24.0 Å². The van der Waals surface area contributed by atoms with Crippen molar-refractivity contribution in [2.45, 2.75) is 25.8 Å². The molecule has 7 nitrogen and oxygen atoms in total. The Morgan fingerprint density at radius 3 is 2.72 bits per heavy atom. The minimum atomic E-state index is -0.253. The summed E-state index contributed by atoms with van der Waals surface area (Å²) in [5.41, 5.74) is 2.15. The number of nitrogens with zero attached hydrogens (tertiary/aromatic N) is 3. The average molecular weight is 414 g/mol. The Balaban J connectivity index is 0.00000240. The number of aromatic nitrogens is 3. The molecule has 1 fully saturated rings. The topological polar surface area (TPSA) is 81.1 Å². The number of rotatable bonds is 5. The number of benzene rings is 1. The van der Waals surface area contributed by atoms with Gasteiger partial charge in [-0.2, -0.15) is 5.10 Å². The molecule has 4 rings (SSSR count). The van der Waals surface area contributed by atoms with Crippen LogP contribution >= 0.6 is 12.4 Å². The second kappa shape index (κ2) is 9.54. The van der Waals surface area contributed by atoms with E-state index in [0.717, 1.165) is 31.7 Å². The Kier molecular flexibility index (Phi) is 6.85. The third-order valence-corrected chi connectivity index (χ3v) is 4.72. The highest BCUT2D eigenvalue weighted by atomic mass is 35.5. The zero-order valence-electron chi connectivity index (χ0n) is 16.2. The maximum atomic E-state index is 12.5. The number of pyridine rings is 1. The van der Waals surface area contributed by atoms with Gasteiger partial charge in [0.25, 0.3) is 5.91 Å². The van der Waals surface area contributed by atoms with Crippen LogP contribution in [-0.2, 0) is 0 Å². The molecule has 8 heteroatoms. The summed E-state index contributed by atoms with van der Waals surface area (Å²) in [6.45, 7) is 3.95. The van der Waals surface area contributed by atoms with E-state index in [2.05, 4.69) is 20.7 Å². The summed E-state index contributed by atoms with van der Waals surface area (Å²) in [5, 5.41) is 10.6. The van der Waals surface area contributed by atoms with Crippen LogP contribution in [0, 0.1) is 6.92 Å². The molecule has 0 saturated carbocycles. The smallest absolute Gasteiger partial charge is 0.276 e. The Bertz CT molecular complexity index is 934. The summed E-state index contributed by atoms with van der Waals surface area (Å²) in [5.74, 6) is 0.935. The Hall–Kier alpha value is -2.90. The number of carbonyl (C=O) groups excluding carboxylic acids is 1. The van der Waals surface area contributed by atoms with Crippen LogP contribution in [0.4, 0.5) is 5.69 Å². The monoisotopic (exact) mass is 413 g/mol. The lowest BCUT2D eigenvalue weighted by Crippen LogP contribution is -2.32. The van der Waals surface area contributed by atoms with Crippen molar-refractivity contribution in [3.05, 3.63) is 66.1 Å². The molecule has 3 heterocycles. The van der Waals surface area contributed by atoms with Gasteiger partial charge in [0.1, 0.15) is 5.75 Å². The molecule has 0 aliphatic carbocycles. The zero-order chi connectivity index (χ0) is 19.3. The van der Waals surface area contributed by atoms with E-state index in [1.807, 2.05) is 42.1 Å². The number of ether oxygens (including phenoxy) is 1. The molecule has 29 heavy (non-hydrogen) atoms. The Morgan fingerprint density at radius 1 is 1.21 bits per heavy atom. The highest BCUT2D eigenvalue weighted by Crippen LogP contribution is 2.21. The van der Waals surface area contributed by atoms with Crippen LogP contribution in [0.3, 0.4) is 0 Å². The molecular formula is C21H24ClN5O2. The summed E-state index contributed by atoms with van der Waals surface area (Å²) in [6, 6.07) is 13.3. The fraction of sp³-hybridized carbons (Fsp3) is 0.286. The molecule has 1 saturated heterocycles. The molecule has 1 aromatic carbocycles. The standard InChI is InChI=1S/C21H23N5O2.ClH/c1-15-4-7-18(8-5-15)28-20-9-6-16(13-23-20)24-21(27)19-10-12-26(25-19)17-3-2-11-22-14-17;/h4-10,12-13,17,22H,2-3,11,14H2,1H3,(H,24,27);1H. The number of amides is 1. The van der Waals surface area contributed by atoms with Crippen molar-refractivity contribution in [1.29, 1.82) is 0 Å². The van der Waals surface area contributed by atoms with E-state index in [-0.39, 0.29) is 18.3 Å². The number of hydrogen-bond donors (Lipinski definition) is 2. The van der Waals surface area contributed by atoms with Gasteiger partial charge in [-0.25, -0.2) is 4.98 Å². The quantitative estimate of drug-likeness (QED) is 0.661. The maximum absolute atomic E-state index is 12.5. The third-order valence-electron chi connectivity index (χ3n) is 4.72. The summed E-state index contributed by atoms with van der Waals surface area (Å²) < 4.78 is 7.58. The lowest BCUT2D eigenvalue weighted by molar-refractivity contribution is 0.102. The summed E-state index contributed by atoms with van der Waals surface area (Å²) in [7, 11) is 0. The average Bonchev–Trinajstić information content (AvgIpc) is 3.22. The van der Waals surface area contributed by atoms with Gasteiger partial charge in [0.2, 0.25) is 5.88 Å². The highest BCUT2D eigenvalue weighted by Gasteiger charge is 2.17. The number of piperidine rings is 1. The first kappa shape index (κ1) is 20.8. The molecule has 1 aliphatic heterocycles. The van der Waals surface area contributed by atoms with E-state index in [1.165, 1.54) is 5.56 Å². The second-order valence-electron chi connectivity index (χ2n) is 6.94. The number of halogens is 1. The van der Waals surface area contributed by atoms with E-state index in [4.69, 9.17) is 4.74 Å². The largest absolute Gasteiger partial charge is 0.439 e. The summed E-state index contributed by atoms with van der Waals surface area (Å²) in [4.78, 5) is 16.7. The van der Waals surface area contributed by atoms with E-state index in [1.54, 1.807) is 24.4 Å². The predicted octanol–water partition coefficient (Wildman–Crippen LogP) is 3.98. The van der Waals surface area contributed by atoms with Crippen molar-refractivity contribution < 1.29 is 9.53 Å². The van der Waals surface area contributed by atoms with Crippen LogP contribution in [0.1, 0.15) is 34.9 Å². The van der Waals surface area contributed by atoms with Gasteiger partial charge < -0.3 is 15.4 Å². The molecule has 0 bridgehead atoms. The first-order valence-electron chi connectivity index (χ1n) is 9.45. The number of anilines is 1. The molecule has 2 N–H and O–H groups in total. The van der Waals surface area contributed by atoms with Crippen LogP contribution in [-0.4, -0.2) is 33.8 Å². The van der Waals surface area contributed by atoms with Crippen LogP contribution < -0.4 is 15.4 Å². The van der Waals surface area contributed by atoms with Gasteiger partial charge >= 0.3 is 0 Å². The minimum absolute atomic E-state index is 0. The van der Waals surface area contributed by atoms with Crippen molar-refractivity contribution in [1.82, 2.24) is 20.1 Å². The Labute approximate surface area is 175 Å². The van der Waals surface area contributed by atoms with Gasteiger partial charge in [-0.1, -0.05) is 17.7 Å². The fourth-order valence-corrected chi connectivity index (χ4v) is 3.16. The lowest BCUT2D eigenvalue weighted by atomic mass is 10.1. The first-order chi connectivity index (χ1) is 13.7. The van der Waals surface area contributed by atoms with Crippen molar-refractivity contribution in [3.8, 4) is 11.6 Å². The van der Waals surface area contributed by atoms with Crippen LogP contribution in [0.2, 0.25) is 0 Å². The van der Waals surface area contributed by atoms with Gasteiger partial charge in [-0.3, -0.25) is 9.48 Å². The fourth-order valence-electron chi connectivity index (χ4n) is 3.16. The molecule has 1 amide bonds. The zero-order valence-corrected chi connectivity index (χ0v) is 17.0. The maximum Gasteiger partial charge on any atom is 0.276 e. The number of hydrogen-bond acceptors (Lipinski definition) is 5. The van der Waals surface area contributed by atoms with Crippen molar-refractivity contribution in [2.75, 3.05) is 18.4 Å². The predicted molar refractivity (Wildman–Crippen MR) is 114 cm³/mol. The molecular weight excluding hydrogens is 390 g/mol. The number of nitrogens with one attached hydrogen (secondary N) is 2. The normalized spacial score (nSPS) is 16.0. The van der Waals surface area contributed by atoms with Gasteiger partial charge in [0.05, 0.1) is 17.9 Å². The molecule has 0 radical (unpaired) electrons. The van der Waals surface area contributed by atoms with Crippen LogP contribution in [0.25, 0.3) is 0 Å². The molecule has 3 aromatic rings. The summed E-state index contributed by atoms with van der Waals surface area (Å²) >= 11 is 0. The van der Waals surface area contributed by atoms with Gasteiger partial charge in [0, 0.05) is 18.8 Å². The van der Waals surface area contributed by atoms with Gasteiger partial charge in [-0.15, -0.1) is 12.4 Å². The third kappa shape index (κ3) is 5.34. The highest BCUT2D eigenvalue weighted by molar-refractivity contribution is 6.02. The van der Waals surface area contributed by atoms with E-state index >= 15 is 0 Å². The molecule has 1 unspecified atom stereocenters. The van der Waals surface area contributed by atoms with Crippen molar-refractivity contribution in [2.24, 2.45) is 0 Å². The lowest BCUT2D eigenvalue weighted by Gasteiger charge is -2.22. The molecule has 0 spiro atoms. The minimum Gasteiger partial charge on any atom is -0.439 e. The molecule has 1 atom stereocenters. The van der Waals surface area contributed by atoms with E-state index < -0.39 is 0 Å². The molecule has 2 aromatic heterocycles. The Morgan fingerprint density at radius 2 is 2.03 bits per heavy atom. The SMILES string of the molecule is Cc1ccc(Oc2ccc(NC(=O)c3ccn(C4CCCNC4)n3)cn2)cc1.Cl. The first-order valence-corrected chi connectivity index (χ1v) is 9.45. The second-order valence-corrected chi connectivity index (χ2v) is 6.94. The van der Waals surface area contributed by atoms with E-state index in [0.29, 0.717) is 23.3 Å². The van der Waals surface area contributed by atoms with Gasteiger partial charge in [0.15, 0.2) is 5.69 Å². The van der Waals surface area contributed by atoms with Crippen LogP contribution in [0.5, 0.6) is 11.6 Å². The molecule has 1 aliphatic rings. The van der Waals surface area contributed by atoms with Crippen molar-refractivity contribution in [3.63, 3.8) is 0 Å². The summed E-state index contributed by atoms with van der Waals surface area (Å²) in [6.07, 6.45) is 5.63. The van der Waals surface area contributed by atoms with Crippen LogP contribution in [0.15, 0.2) is 54.9 Å². The van der Waals surface area contributed by atoms with Gasteiger partial charge in [-0.05, 0) is 50.6 Å².